The Hall–Kier alpha value is -0.830. The molecular formula is C14H27N3. The molecule has 3 nitrogen and oxygen atoms in total. The normalized spacial score (nSPS) is 15.9. The van der Waals surface area contributed by atoms with Crippen LogP contribution in [0.3, 0.4) is 0 Å². The molecule has 1 N–H and O–H groups in total. The van der Waals surface area contributed by atoms with Gasteiger partial charge in [0.15, 0.2) is 0 Å². The molecule has 1 aromatic heterocycles. The Bertz CT molecular complexity index is 335. The van der Waals surface area contributed by atoms with E-state index in [0.29, 0.717) is 17.5 Å². The maximum Gasteiger partial charge on any atom is 0.0537 e. The summed E-state index contributed by atoms with van der Waals surface area (Å²) in [6.07, 6.45) is 6.48. The SMILES string of the molecule is CC(CCC(C)(C)C)NC(C)c1cnn(C)c1. The van der Waals surface area contributed by atoms with Crippen molar-refractivity contribution in [1.82, 2.24) is 15.1 Å². The van der Waals surface area contributed by atoms with E-state index in [2.05, 4.69) is 51.2 Å². The molecule has 3 heteroatoms. The van der Waals surface area contributed by atoms with E-state index in [1.807, 2.05) is 17.9 Å². The third-order valence-electron chi connectivity index (χ3n) is 3.09. The first-order valence-electron chi connectivity index (χ1n) is 6.52. The molecule has 0 bridgehead atoms. The molecule has 0 saturated heterocycles. The van der Waals surface area contributed by atoms with Crippen LogP contribution in [-0.2, 0) is 7.05 Å². The van der Waals surface area contributed by atoms with Crippen molar-refractivity contribution in [3.05, 3.63) is 18.0 Å². The monoisotopic (exact) mass is 237 g/mol. The highest BCUT2D eigenvalue weighted by Gasteiger charge is 2.15. The fourth-order valence-electron chi connectivity index (χ4n) is 1.92. The molecule has 0 radical (unpaired) electrons. The Kier molecular flexibility index (Phi) is 4.75. The van der Waals surface area contributed by atoms with Crippen LogP contribution < -0.4 is 5.32 Å². The maximum atomic E-state index is 4.21. The van der Waals surface area contributed by atoms with Crippen molar-refractivity contribution in [2.45, 2.75) is 59.5 Å². The third kappa shape index (κ3) is 5.35. The van der Waals surface area contributed by atoms with Gasteiger partial charge in [0.25, 0.3) is 0 Å². The molecule has 17 heavy (non-hydrogen) atoms. The van der Waals surface area contributed by atoms with Gasteiger partial charge in [0.2, 0.25) is 0 Å². The van der Waals surface area contributed by atoms with Gasteiger partial charge in [-0.3, -0.25) is 4.68 Å². The fraction of sp³-hybridized carbons (Fsp3) is 0.786. The van der Waals surface area contributed by atoms with Gasteiger partial charge in [-0.2, -0.15) is 5.10 Å². The molecule has 0 aromatic carbocycles. The van der Waals surface area contributed by atoms with Crippen molar-refractivity contribution in [1.29, 1.82) is 0 Å². The number of hydrogen-bond donors (Lipinski definition) is 1. The summed E-state index contributed by atoms with van der Waals surface area (Å²) in [4.78, 5) is 0. The topological polar surface area (TPSA) is 29.9 Å². The second kappa shape index (κ2) is 5.67. The zero-order valence-corrected chi connectivity index (χ0v) is 12.1. The summed E-state index contributed by atoms with van der Waals surface area (Å²) in [5.41, 5.74) is 1.68. The van der Waals surface area contributed by atoms with E-state index < -0.39 is 0 Å². The van der Waals surface area contributed by atoms with Crippen LogP contribution in [-0.4, -0.2) is 15.8 Å². The van der Waals surface area contributed by atoms with Gasteiger partial charge < -0.3 is 5.32 Å². The Morgan fingerprint density at radius 3 is 2.47 bits per heavy atom. The summed E-state index contributed by atoms with van der Waals surface area (Å²) in [7, 11) is 1.96. The number of nitrogens with zero attached hydrogens (tertiary/aromatic N) is 2. The highest BCUT2D eigenvalue weighted by molar-refractivity contribution is 5.09. The van der Waals surface area contributed by atoms with Gasteiger partial charge in [-0.25, -0.2) is 0 Å². The summed E-state index contributed by atoms with van der Waals surface area (Å²) in [5.74, 6) is 0. The van der Waals surface area contributed by atoms with Gasteiger partial charge in [-0.15, -0.1) is 0 Å². The maximum absolute atomic E-state index is 4.21. The van der Waals surface area contributed by atoms with E-state index in [1.165, 1.54) is 18.4 Å². The highest BCUT2D eigenvalue weighted by Crippen LogP contribution is 2.22. The lowest BCUT2D eigenvalue weighted by Crippen LogP contribution is -2.29. The van der Waals surface area contributed by atoms with Crippen LogP contribution in [0, 0.1) is 5.41 Å². The standard InChI is InChI=1S/C14H27N3/c1-11(7-8-14(3,4)5)16-12(2)13-9-15-17(6)10-13/h9-12,16H,7-8H2,1-6H3. The molecule has 0 amide bonds. The van der Waals surface area contributed by atoms with Crippen molar-refractivity contribution < 1.29 is 0 Å². The Morgan fingerprint density at radius 1 is 1.35 bits per heavy atom. The van der Waals surface area contributed by atoms with Crippen molar-refractivity contribution in [2.75, 3.05) is 0 Å². The minimum absolute atomic E-state index is 0.374. The average molecular weight is 237 g/mol. The molecule has 0 saturated carbocycles. The molecule has 0 fully saturated rings. The first-order chi connectivity index (χ1) is 7.78. The third-order valence-corrected chi connectivity index (χ3v) is 3.09. The molecule has 0 aliphatic heterocycles. The van der Waals surface area contributed by atoms with E-state index >= 15 is 0 Å². The summed E-state index contributed by atoms with van der Waals surface area (Å²) in [5, 5.41) is 7.84. The predicted octanol–water partition coefficient (Wildman–Crippen LogP) is 3.29. The van der Waals surface area contributed by atoms with Crippen LogP contribution in [0.4, 0.5) is 0 Å². The summed E-state index contributed by atoms with van der Waals surface area (Å²) in [6, 6.07) is 0.920. The largest absolute Gasteiger partial charge is 0.308 e. The van der Waals surface area contributed by atoms with Crippen molar-refractivity contribution in [3.63, 3.8) is 0 Å². The molecule has 0 spiro atoms. The van der Waals surface area contributed by atoms with E-state index in [-0.39, 0.29) is 0 Å². The molecule has 2 atom stereocenters. The molecular weight excluding hydrogens is 210 g/mol. The van der Waals surface area contributed by atoms with Crippen LogP contribution in [0.1, 0.15) is 59.1 Å². The lowest BCUT2D eigenvalue weighted by molar-refractivity contribution is 0.328. The molecule has 98 valence electrons. The summed E-state index contributed by atoms with van der Waals surface area (Å²) >= 11 is 0. The second-order valence-corrected chi connectivity index (χ2v) is 6.34. The van der Waals surface area contributed by atoms with Crippen LogP contribution >= 0.6 is 0 Å². The van der Waals surface area contributed by atoms with Crippen LogP contribution in [0.25, 0.3) is 0 Å². The molecule has 2 unspecified atom stereocenters. The summed E-state index contributed by atoms with van der Waals surface area (Å²) < 4.78 is 1.85. The molecule has 1 heterocycles. The van der Waals surface area contributed by atoms with Crippen molar-refractivity contribution in [3.8, 4) is 0 Å². The van der Waals surface area contributed by atoms with Gasteiger partial charge >= 0.3 is 0 Å². The number of aryl methyl sites for hydroxylation is 1. The lowest BCUT2D eigenvalue weighted by Gasteiger charge is -2.23. The Morgan fingerprint density at radius 2 is 2.00 bits per heavy atom. The Balaban J connectivity index is 2.38. The zero-order valence-electron chi connectivity index (χ0n) is 12.1. The Labute approximate surface area is 106 Å². The lowest BCUT2D eigenvalue weighted by atomic mass is 9.89. The van der Waals surface area contributed by atoms with Crippen LogP contribution in [0.15, 0.2) is 12.4 Å². The molecule has 0 aliphatic rings. The van der Waals surface area contributed by atoms with Crippen molar-refractivity contribution in [2.24, 2.45) is 12.5 Å². The highest BCUT2D eigenvalue weighted by atomic mass is 15.2. The number of nitrogens with one attached hydrogen (secondary N) is 1. The minimum Gasteiger partial charge on any atom is -0.308 e. The predicted molar refractivity (Wildman–Crippen MR) is 72.9 cm³/mol. The quantitative estimate of drug-likeness (QED) is 0.851. The summed E-state index contributed by atoms with van der Waals surface area (Å²) in [6.45, 7) is 11.3. The number of rotatable bonds is 5. The molecule has 1 rings (SSSR count). The van der Waals surface area contributed by atoms with Gasteiger partial charge in [-0.05, 0) is 32.1 Å². The zero-order chi connectivity index (χ0) is 13.1. The van der Waals surface area contributed by atoms with E-state index in [1.54, 1.807) is 0 Å². The first-order valence-corrected chi connectivity index (χ1v) is 6.52. The van der Waals surface area contributed by atoms with Crippen LogP contribution in [0.5, 0.6) is 0 Å². The number of aromatic nitrogens is 2. The van der Waals surface area contributed by atoms with Crippen LogP contribution in [0.2, 0.25) is 0 Å². The first kappa shape index (κ1) is 14.2. The average Bonchev–Trinajstić information content (AvgIpc) is 2.61. The van der Waals surface area contributed by atoms with E-state index in [9.17, 15) is 0 Å². The number of hydrogen-bond acceptors (Lipinski definition) is 2. The molecule has 1 aromatic rings. The van der Waals surface area contributed by atoms with Gasteiger partial charge in [-0.1, -0.05) is 20.8 Å². The smallest absolute Gasteiger partial charge is 0.0537 e. The minimum atomic E-state index is 0.374. The van der Waals surface area contributed by atoms with Crippen molar-refractivity contribution >= 4 is 0 Å². The van der Waals surface area contributed by atoms with Gasteiger partial charge in [0.1, 0.15) is 0 Å². The van der Waals surface area contributed by atoms with E-state index in [0.717, 1.165) is 0 Å². The second-order valence-electron chi connectivity index (χ2n) is 6.34. The molecule has 0 aliphatic carbocycles. The fourth-order valence-corrected chi connectivity index (χ4v) is 1.92. The van der Waals surface area contributed by atoms with Gasteiger partial charge in [0, 0.05) is 30.9 Å². The van der Waals surface area contributed by atoms with E-state index in [4.69, 9.17) is 0 Å². The van der Waals surface area contributed by atoms with Gasteiger partial charge in [0.05, 0.1) is 6.20 Å².